The second kappa shape index (κ2) is 8.21. The number of aromatic nitrogens is 1. The SMILES string of the molecule is CCC1CC(CC(C)C)N1C(C)=O.[B]c1ccc(C)nc1. The van der Waals surface area contributed by atoms with E-state index in [0.29, 0.717) is 18.0 Å². The lowest BCUT2D eigenvalue weighted by molar-refractivity contribution is -0.143. The number of carbonyl (C=O) groups excluding carboxylic acids is 1. The summed E-state index contributed by atoms with van der Waals surface area (Å²) < 4.78 is 0. The van der Waals surface area contributed by atoms with Crippen LogP contribution in [0.1, 0.15) is 52.7 Å². The Kier molecular flexibility index (Phi) is 6.93. The molecule has 1 amide bonds. The van der Waals surface area contributed by atoms with E-state index in [0.717, 1.165) is 24.0 Å². The number of rotatable bonds is 3. The van der Waals surface area contributed by atoms with Crippen LogP contribution in [-0.4, -0.2) is 35.7 Å². The van der Waals surface area contributed by atoms with Crippen molar-refractivity contribution in [2.75, 3.05) is 0 Å². The van der Waals surface area contributed by atoms with E-state index in [1.807, 2.05) is 19.1 Å². The molecule has 2 atom stereocenters. The zero-order chi connectivity index (χ0) is 16.0. The average molecular weight is 286 g/mol. The lowest BCUT2D eigenvalue weighted by Gasteiger charge is -2.49. The Labute approximate surface area is 130 Å². The van der Waals surface area contributed by atoms with Crippen LogP contribution in [0, 0.1) is 12.8 Å². The topological polar surface area (TPSA) is 33.2 Å². The van der Waals surface area contributed by atoms with E-state index in [4.69, 9.17) is 7.85 Å². The van der Waals surface area contributed by atoms with Gasteiger partial charge in [0.25, 0.3) is 0 Å². The van der Waals surface area contributed by atoms with E-state index >= 15 is 0 Å². The van der Waals surface area contributed by atoms with Crippen molar-refractivity contribution in [3.8, 4) is 0 Å². The third-order valence-corrected chi connectivity index (χ3v) is 3.84. The quantitative estimate of drug-likeness (QED) is 0.800. The van der Waals surface area contributed by atoms with Gasteiger partial charge in [-0.05, 0) is 38.2 Å². The molecule has 0 aromatic carbocycles. The number of hydrogen-bond donors (Lipinski definition) is 0. The van der Waals surface area contributed by atoms with E-state index in [1.54, 1.807) is 13.1 Å². The van der Waals surface area contributed by atoms with Crippen molar-refractivity contribution in [2.45, 2.75) is 66.0 Å². The number of likely N-dealkylation sites (tertiary alicyclic amines) is 1. The summed E-state index contributed by atoms with van der Waals surface area (Å²) in [5.74, 6) is 0.952. The van der Waals surface area contributed by atoms with E-state index in [-0.39, 0.29) is 5.91 Å². The molecule has 1 fully saturated rings. The highest BCUT2D eigenvalue weighted by atomic mass is 16.2. The average Bonchev–Trinajstić information content (AvgIpc) is 2.37. The Hall–Kier alpha value is -1.32. The molecule has 1 aliphatic rings. The van der Waals surface area contributed by atoms with Gasteiger partial charge in [0.05, 0.1) is 0 Å². The monoisotopic (exact) mass is 286 g/mol. The van der Waals surface area contributed by atoms with Crippen molar-refractivity contribution in [2.24, 2.45) is 5.92 Å². The van der Waals surface area contributed by atoms with Crippen molar-refractivity contribution in [3.05, 3.63) is 24.0 Å². The summed E-state index contributed by atoms with van der Waals surface area (Å²) in [6.45, 7) is 10.2. The molecule has 3 nitrogen and oxygen atoms in total. The maximum atomic E-state index is 11.3. The number of amides is 1. The Morgan fingerprint density at radius 1 is 1.43 bits per heavy atom. The lowest BCUT2D eigenvalue weighted by atomic mass is 9.85. The molecule has 4 heteroatoms. The Morgan fingerprint density at radius 3 is 2.48 bits per heavy atom. The standard InChI is InChI=1S/C11H21NO.C6H6BN/c1-5-10-7-11(6-8(2)3)12(10)9(4)13;1-5-2-3-6(7)4-8-5/h8,10-11H,5-7H2,1-4H3;2-4H,1H3. The van der Waals surface area contributed by atoms with Gasteiger partial charge in [-0.2, -0.15) is 0 Å². The van der Waals surface area contributed by atoms with Gasteiger partial charge in [-0.15, -0.1) is 0 Å². The fourth-order valence-corrected chi connectivity index (χ4v) is 2.81. The molecule has 1 aliphatic heterocycles. The van der Waals surface area contributed by atoms with Crippen LogP contribution >= 0.6 is 0 Å². The minimum Gasteiger partial charge on any atom is -0.337 e. The third-order valence-electron chi connectivity index (χ3n) is 3.84. The molecule has 114 valence electrons. The number of nitrogens with zero attached hydrogens (tertiary/aromatic N) is 2. The predicted octanol–water partition coefficient (Wildman–Crippen LogP) is 2.62. The highest BCUT2D eigenvalue weighted by Crippen LogP contribution is 2.32. The zero-order valence-electron chi connectivity index (χ0n) is 14.0. The Bertz CT molecular complexity index is 424. The van der Waals surface area contributed by atoms with Crippen molar-refractivity contribution >= 4 is 19.2 Å². The smallest absolute Gasteiger partial charge is 0.219 e. The first-order chi connectivity index (χ1) is 9.85. The summed E-state index contributed by atoms with van der Waals surface area (Å²) in [6.07, 6.45) is 5.13. The molecule has 0 spiro atoms. The normalized spacial score (nSPS) is 20.6. The molecule has 2 radical (unpaired) electrons. The molecular formula is C17H27BN2O. The Morgan fingerprint density at radius 2 is 2.10 bits per heavy atom. The summed E-state index contributed by atoms with van der Waals surface area (Å²) in [5, 5.41) is 0. The van der Waals surface area contributed by atoms with Crippen LogP contribution in [-0.2, 0) is 4.79 Å². The summed E-state index contributed by atoms with van der Waals surface area (Å²) in [4.78, 5) is 17.3. The molecule has 1 saturated heterocycles. The highest BCUT2D eigenvalue weighted by Gasteiger charge is 2.38. The number of aryl methyl sites for hydroxylation is 1. The summed E-state index contributed by atoms with van der Waals surface area (Å²) in [5.41, 5.74) is 1.72. The number of hydrogen-bond acceptors (Lipinski definition) is 2. The molecule has 0 aliphatic carbocycles. The molecule has 1 aromatic heterocycles. The highest BCUT2D eigenvalue weighted by molar-refractivity contribution is 6.31. The third kappa shape index (κ3) is 5.52. The summed E-state index contributed by atoms with van der Waals surface area (Å²) in [7, 11) is 5.36. The van der Waals surface area contributed by atoms with Crippen LogP contribution < -0.4 is 5.46 Å². The van der Waals surface area contributed by atoms with Crippen LogP contribution in [0.3, 0.4) is 0 Å². The van der Waals surface area contributed by atoms with Gasteiger partial charge in [-0.3, -0.25) is 9.78 Å². The van der Waals surface area contributed by atoms with E-state index in [2.05, 4.69) is 30.7 Å². The first-order valence-corrected chi connectivity index (χ1v) is 7.82. The van der Waals surface area contributed by atoms with Gasteiger partial charge in [-0.1, -0.05) is 32.3 Å². The van der Waals surface area contributed by atoms with Crippen molar-refractivity contribution < 1.29 is 4.79 Å². The summed E-state index contributed by atoms with van der Waals surface area (Å²) >= 11 is 0. The fourth-order valence-electron chi connectivity index (χ4n) is 2.81. The van der Waals surface area contributed by atoms with Crippen LogP contribution in [0.2, 0.25) is 0 Å². The van der Waals surface area contributed by atoms with Crippen LogP contribution in [0.4, 0.5) is 0 Å². The first kappa shape index (κ1) is 17.7. The second-order valence-electron chi connectivity index (χ2n) is 6.24. The first-order valence-electron chi connectivity index (χ1n) is 7.82. The molecule has 2 rings (SSSR count). The number of pyridine rings is 1. The molecule has 1 aromatic rings. The van der Waals surface area contributed by atoms with Gasteiger partial charge in [0.2, 0.25) is 5.91 Å². The van der Waals surface area contributed by atoms with E-state index < -0.39 is 0 Å². The molecule has 2 unspecified atom stereocenters. The van der Waals surface area contributed by atoms with Crippen molar-refractivity contribution in [3.63, 3.8) is 0 Å². The molecule has 0 N–H and O–H groups in total. The van der Waals surface area contributed by atoms with E-state index in [9.17, 15) is 4.79 Å². The van der Waals surface area contributed by atoms with Crippen molar-refractivity contribution in [1.29, 1.82) is 0 Å². The molecule has 2 heterocycles. The minimum atomic E-state index is 0.253. The Balaban J connectivity index is 0.000000235. The lowest BCUT2D eigenvalue weighted by Crippen LogP contribution is -2.57. The van der Waals surface area contributed by atoms with Crippen LogP contribution in [0.15, 0.2) is 18.3 Å². The molecular weight excluding hydrogens is 259 g/mol. The number of carbonyl (C=O) groups is 1. The van der Waals surface area contributed by atoms with Gasteiger partial charge in [-0.25, -0.2) is 0 Å². The van der Waals surface area contributed by atoms with E-state index in [1.165, 1.54) is 6.42 Å². The zero-order valence-corrected chi connectivity index (χ0v) is 14.0. The van der Waals surface area contributed by atoms with Gasteiger partial charge in [0.1, 0.15) is 7.85 Å². The molecule has 21 heavy (non-hydrogen) atoms. The predicted molar refractivity (Wildman–Crippen MR) is 88.8 cm³/mol. The largest absolute Gasteiger partial charge is 0.337 e. The summed E-state index contributed by atoms with van der Waals surface area (Å²) in [6, 6.07) is 4.78. The minimum absolute atomic E-state index is 0.253. The second-order valence-corrected chi connectivity index (χ2v) is 6.24. The maximum Gasteiger partial charge on any atom is 0.219 e. The maximum absolute atomic E-state index is 11.3. The van der Waals surface area contributed by atoms with Gasteiger partial charge >= 0.3 is 0 Å². The molecule has 0 saturated carbocycles. The molecule has 0 bridgehead atoms. The van der Waals surface area contributed by atoms with Gasteiger partial charge < -0.3 is 4.90 Å². The van der Waals surface area contributed by atoms with Crippen LogP contribution in [0.5, 0.6) is 0 Å². The van der Waals surface area contributed by atoms with Crippen molar-refractivity contribution in [1.82, 2.24) is 9.88 Å². The van der Waals surface area contributed by atoms with Gasteiger partial charge in [0.15, 0.2) is 0 Å². The van der Waals surface area contributed by atoms with Crippen LogP contribution in [0.25, 0.3) is 0 Å². The van der Waals surface area contributed by atoms with Gasteiger partial charge in [0, 0.05) is 30.9 Å². The fraction of sp³-hybridized carbons (Fsp3) is 0.647.